The third-order valence-electron chi connectivity index (χ3n) is 4.46. The molecule has 0 aromatic carbocycles. The van der Waals surface area contributed by atoms with E-state index in [-0.39, 0.29) is 11.1 Å². The summed E-state index contributed by atoms with van der Waals surface area (Å²) in [5, 5.41) is 8.87. The van der Waals surface area contributed by atoms with Crippen LogP contribution in [0.2, 0.25) is 0 Å². The third kappa shape index (κ3) is 4.41. The minimum Gasteiger partial charge on any atom is -0.477 e. The second-order valence-electron chi connectivity index (χ2n) is 6.94. The Morgan fingerprint density at radius 2 is 2.09 bits per heavy atom. The maximum absolute atomic E-state index is 10.8. The molecule has 1 aliphatic rings. The highest BCUT2D eigenvalue weighted by Gasteiger charge is 2.26. The number of nitrogens with zero attached hydrogens (tertiary/aromatic N) is 1. The molecule has 3 heteroatoms. The van der Waals surface area contributed by atoms with E-state index in [2.05, 4.69) is 37.9 Å². The quantitative estimate of drug-likeness (QED) is 0.771. The SMILES string of the molecule is CC1=C(C=C/C(C)=C/c2ccc(C(=O)O)nc2)C(C)(C)CCC1. The van der Waals surface area contributed by atoms with Gasteiger partial charge in [0.25, 0.3) is 0 Å². The standard InChI is InChI=1S/C20H25NO2/c1-14(12-16-8-10-18(19(22)23)21-13-16)7-9-17-15(2)6-5-11-20(17,3)4/h7-10,12-13H,5-6,11H2,1-4H3,(H,22,23)/b9-7?,14-12+. The smallest absolute Gasteiger partial charge is 0.354 e. The van der Waals surface area contributed by atoms with Gasteiger partial charge in [0, 0.05) is 6.20 Å². The van der Waals surface area contributed by atoms with Gasteiger partial charge in [0.05, 0.1) is 0 Å². The average molecular weight is 311 g/mol. The Hall–Kier alpha value is -2.16. The lowest BCUT2D eigenvalue weighted by Gasteiger charge is -2.32. The van der Waals surface area contributed by atoms with Crippen LogP contribution < -0.4 is 0 Å². The monoisotopic (exact) mass is 311 g/mol. The Balaban J connectivity index is 2.17. The van der Waals surface area contributed by atoms with E-state index in [1.165, 1.54) is 36.5 Å². The summed E-state index contributed by atoms with van der Waals surface area (Å²) in [4.78, 5) is 14.7. The van der Waals surface area contributed by atoms with Crippen molar-refractivity contribution in [2.24, 2.45) is 5.41 Å². The van der Waals surface area contributed by atoms with Crippen molar-refractivity contribution in [2.45, 2.75) is 47.0 Å². The van der Waals surface area contributed by atoms with E-state index in [0.717, 1.165) is 11.1 Å². The van der Waals surface area contributed by atoms with Gasteiger partial charge in [0.1, 0.15) is 5.69 Å². The van der Waals surface area contributed by atoms with Gasteiger partial charge in [-0.3, -0.25) is 0 Å². The first kappa shape index (κ1) is 17.2. The van der Waals surface area contributed by atoms with Crippen molar-refractivity contribution >= 4 is 12.0 Å². The van der Waals surface area contributed by atoms with Gasteiger partial charge in [-0.1, -0.05) is 49.3 Å². The highest BCUT2D eigenvalue weighted by atomic mass is 16.4. The molecule has 0 spiro atoms. The lowest BCUT2D eigenvalue weighted by Crippen LogP contribution is -2.19. The maximum atomic E-state index is 10.8. The summed E-state index contributed by atoms with van der Waals surface area (Å²) in [6.45, 7) is 8.90. The first-order valence-corrected chi connectivity index (χ1v) is 8.05. The van der Waals surface area contributed by atoms with Gasteiger partial charge in [-0.05, 0) is 55.7 Å². The van der Waals surface area contributed by atoms with E-state index < -0.39 is 5.97 Å². The number of carboxylic acid groups (broad SMARTS) is 1. The minimum absolute atomic E-state index is 0.0695. The van der Waals surface area contributed by atoms with Crippen LogP contribution in [0.3, 0.4) is 0 Å². The molecule has 0 radical (unpaired) electrons. The molecule has 0 aliphatic heterocycles. The van der Waals surface area contributed by atoms with Gasteiger partial charge in [0.15, 0.2) is 0 Å². The van der Waals surface area contributed by atoms with Crippen LogP contribution in [0.4, 0.5) is 0 Å². The molecule has 1 N–H and O–H groups in total. The van der Waals surface area contributed by atoms with Crippen LogP contribution in [0, 0.1) is 5.41 Å². The molecule has 0 saturated heterocycles. The lowest BCUT2D eigenvalue weighted by atomic mass is 9.72. The summed E-state index contributed by atoms with van der Waals surface area (Å²) in [6, 6.07) is 3.31. The van der Waals surface area contributed by atoms with E-state index >= 15 is 0 Å². The molecule has 0 saturated carbocycles. The fourth-order valence-electron chi connectivity index (χ4n) is 3.15. The van der Waals surface area contributed by atoms with Crippen molar-refractivity contribution in [3.8, 4) is 0 Å². The highest BCUT2D eigenvalue weighted by Crippen LogP contribution is 2.40. The fraction of sp³-hybridized carbons (Fsp3) is 0.400. The predicted molar refractivity (Wildman–Crippen MR) is 94.3 cm³/mol. The molecule has 3 nitrogen and oxygen atoms in total. The lowest BCUT2D eigenvalue weighted by molar-refractivity contribution is 0.0690. The van der Waals surface area contributed by atoms with E-state index in [1.54, 1.807) is 12.3 Å². The number of carbonyl (C=O) groups is 1. The zero-order valence-corrected chi connectivity index (χ0v) is 14.4. The molecule has 0 amide bonds. The van der Waals surface area contributed by atoms with Gasteiger partial charge in [-0.2, -0.15) is 0 Å². The average Bonchev–Trinajstić information content (AvgIpc) is 2.46. The van der Waals surface area contributed by atoms with Crippen LogP contribution in [0.15, 0.2) is 47.2 Å². The minimum atomic E-state index is -1.00. The van der Waals surface area contributed by atoms with Crippen LogP contribution in [-0.4, -0.2) is 16.1 Å². The number of pyridine rings is 1. The Kier molecular flexibility index (Phi) is 5.19. The summed E-state index contributed by atoms with van der Waals surface area (Å²) in [5.41, 5.74) is 5.26. The number of aromatic carboxylic acids is 1. The van der Waals surface area contributed by atoms with Crippen molar-refractivity contribution in [2.75, 3.05) is 0 Å². The second kappa shape index (κ2) is 6.95. The van der Waals surface area contributed by atoms with Crippen molar-refractivity contribution in [1.82, 2.24) is 4.98 Å². The van der Waals surface area contributed by atoms with E-state index in [9.17, 15) is 4.79 Å². The Labute approximate surface area is 138 Å². The maximum Gasteiger partial charge on any atom is 0.354 e. The molecule has 0 unspecified atom stereocenters. The second-order valence-corrected chi connectivity index (χ2v) is 6.94. The van der Waals surface area contributed by atoms with Crippen molar-refractivity contribution in [1.29, 1.82) is 0 Å². The molecule has 1 aromatic rings. The highest BCUT2D eigenvalue weighted by molar-refractivity contribution is 5.85. The Morgan fingerprint density at radius 1 is 1.35 bits per heavy atom. The van der Waals surface area contributed by atoms with Crippen molar-refractivity contribution in [3.05, 3.63) is 58.5 Å². The van der Waals surface area contributed by atoms with Crippen molar-refractivity contribution in [3.63, 3.8) is 0 Å². The normalized spacial score (nSPS) is 18.5. The summed E-state index contributed by atoms with van der Waals surface area (Å²) >= 11 is 0. The van der Waals surface area contributed by atoms with Crippen LogP contribution >= 0.6 is 0 Å². The molecule has 1 heterocycles. The number of hydrogen-bond donors (Lipinski definition) is 1. The van der Waals surface area contributed by atoms with Gasteiger partial charge in [0.2, 0.25) is 0 Å². The van der Waals surface area contributed by atoms with E-state index in [0.29, 0.717) is 0 Å². The largest absolute Gasteiger partial charge is 0.477 e. The topological polar surface area (TPSA) is 50.2 Å². The first-order valence-electron chi connectivity index (χ1n) is 8.05. The van der Waals surface area contributed by atoms with Gasteiger partial charge >= 0.3 is 5.97 Å². The van der Waals surface area contributed by atoms with E-state index in [4.69, 9.17) is 5.11 Å². The molecule has 122 valence electrons. The molecule has 0 bridgehead atoms. The zero-order valence-electron chi connectivity index (χ0n) is 14.4. The third-order valence-corrected chi connectivity index (χ3v) is 4.46. The molecular weight excluding hydrogens is 286 g/mol. The number of hydrogen-bond acceptors (Lipinski definition) is 2. The predicted octanol–water partition coefficient (Wildman–Crippen LogP) is 5.27. The van der Waals surface area contributed by atoms with Crippen LogP contribution in [0.5, 0.6) is 0 Å². The fourth-order valence-corrected chi connectivity index (χ4v) is 3.15. The van der Waals surface area contributed by atoms with Crippen LogP contribution in [0.1, 0.15) is 63.0 Å². The molecule has 1 aliphatic carbocycles. The molecule has 0 atom stereocenters. The van der Waals surface area contributed by atoms with Crippen LogP contribution in [0.25, 0.3) is 6.08 Å². The number of carboxylic acids is 1. The van der Waals surface area contributed by atoms with Gasteiger partial charge in [-0.25, -0.2) is 9.78 Å². The molecule has 1 aromatic heterocycles. The summed E-state index contributed by atoms with van der Waals surface area (Å²) < 4.78 is 0. The summed E-state index contributed by atoms with van der Waals surface area (Å²) in [6.07, 6.45) is 11.7. The van der Waals surface area contributed by atoms with E-state index in [1.807, 2.05) is 13.0 Å². The van der Waals surface area contributed by atoms with Crippen molar-refractivity contribution < 1.29 is 9.90 Å². The summed E-state index contributed by atoms with van der Waals surface area (Å²) in [7, 11) is 0. The Morgan fingerprint density at radius 3 is 2.65 bits per heavy atom. The van der Waals surface area contributed by atoms with Gasteiger partial charge in [-0.15, -0.1) is 0 Å². The number of allylic oxidation sites excluding steroid dienone is 5. The Bertz CT molecular complexity index is 676. The number of aromatic nitrogens is 1. The zero-order chi connectivity index (χ0) is 17.0. The van der Waals surface area contributed by atoms with Gasteiger partial charge < -0.3 is 5.11 Å². The molecular formula is C20H25NO2. The van der Waals surface area contributed by atoms with Crippen LogP contribution in [-0.2, 0) is 0 Å². The molecule has 0 fully saturated rings. The first-order chi connectivity index (χ1) is 10.8. The molecule has 23 heavy (non-hydrogen) atoms. The number of rotatable bonds is 4. The summed E-state index contributed by atoms with van der Waals surface area (Å²) in [5.74, 6) is -1.00. The molecule has 2 rings (SSSR count).